The lowest BCUT2D eigenvalue weighted by atomic mass is 9.67. The minimum atomic E-state index is 0.526. The Labute approximate surface area is 106 Å². The van der Waals surface area contributed by atoms with Gasteiger partial charge < -0.3 is 5.32 Å². The Hall–Kier alpha value is -0.0800. The van der Waals surface area contributed by atoms with E-state index in [1.165, 1.54) is 38.9 Å². The summed E-state index contributed by atoms with van der Waals surface area (Å²) in [5.41, 5.74) is 1.12. The van der Waals surface area contributed by atoms with Gasteiger partial charge >= 0.3 is 0 Å². The number of rotatable bonds is 1. The third-order valence-electron chi connectivity index (χ3n) is 6.08. The predicted molar refractivity (Wildman–Crippen MR) is 72.1 cm³/mol. The number of nitrogens with zero attached hydrogens (tertiary/aromatic N) is 1. The number of hydrogen-bond acceptors (Lipinski definition) is 2. The lowest BCUT2D eigenvalue weighted by Crippen LogP contribution is -2.61. The Bertz CT molecular complexity index is 307. The molecule has 2 heteroatoms. The molecule has 2 bridgehead atoms. The molecule has 4 atom stereocenters. The normalized spacial score (nSPS) is 49.8. The lowest BCUT2D eigenvalue weighted by Gasteiger charge is -2.52. The summed E-state index contributed by atoms with van der Waals surface area (Å²) in [6.07, 6.45) is 4.41. The molecule has 0 spiro atoms. The Morgan fingerprint density at radius 2 is 2.00 bits per heavy atom. The molecule has 3 rings (SSSR count). The number of piperazine rings is 1. The van der Waals surface area contributed by atoms with Gasteiger partial charge in [0.2, 0.25) is 0 Å². The minimum absolute atomic E-state index is 0.526. The third kappa shape index (κ3) is 1.60. The molecule has 0 aromatic carbocycles. The minimum Gasteiger partial charge on any atom is -0.314 e. The van der Waals surface area contributed by atoms with Gasteiger partial charge in [-0.1, -0.05) is 20.8 Å². The second kappa shape index (κ2) is 3.71. The zero-order valence-electron chi connectivity index (χ0n) is 11.9. The van der Waals surface area contributed by atoms with Gasteiger partial charge in [0.25, 0.3) is 0 Å². The molecule has 1 heterocycles. The average molecular weight is 236 g/mol. The van der Waals surface area contributed by atoms with E-state index in [4.69, 9.17) is 0 Å². The maximum atomic E-state index is 3.53. The zero-order valence-corrected chi connectivity index (χ0v) is 11.9. The van der Waals surface area contributed by atoms with Crippen molar-refractivity contribution in [2.45, 2.75) is 59.0 Å². The first-order valence-electron chi connectivity index (χ1n) is 7.41. The Kier molecular flexibility index (Phi) is 2.61. The van der Waals surface area contributed by atoms with Gasteiger partial charge in [0.15, 0.2) is 0 Å². The highest BCUT2D eigenvalue weighted by Gasteiger charge is 2.61. The van der Waals surface area contributed by atoms with Crippen molar-refractivity contribution in [3.8, 4) is 0 Å². The molecule has 98 valence electrons. The van der Waals surface area contributed by atoms with Crippen molar-refractivity contribution in [1.29, 1.82) is 0 Å². The van der Waals surface area contributed by atoms with Crippen LogP contribution in [0.5, 0.6) is 0 Å². The molecule has 1 aliphatic heterocycles. The topological polar surface area (TPSA) is 15.3 Å². The van der Waals surface area contributed by atoms with Crippen molar-refractivity contribution in [2.24, 2.45) is 16.7 Å². The maximum Gasteiger partial charge on any atom is 0.0207 e. The zero-order chi connectivity index (χ0) is 12.3. The Morgan fingerprint density at radius 3 is 2.59 bits per heavy atom. The fourth-order valence-corrected chi connectivity index (χ4v) is 5.34. The van der Waals surface area contributed by atoms with Crippen LogP contribution in [-0.2, 0) is 0 Å². The first-order valence-corrected chi connectivity index (χ1v) is 7.41. The molecule has 1 N–H and O–H groups in total. The van der Waals surface area contributed by atoms with Crippen molar-refractivity contribution in [1.82, 2.24) is 10.2 Å². The molecule has 0 radical (unpaired) electrons. The highest BCUT2D eigenvalue weighted by molar-refractivity contribution is 5.13. The quantitative estimate of drug-likeness (QED) is 0.752. The summed E-state index contributed by atoms with van der Waals surface area (Å²) >= 11 is 0. The van der Waals surface area contributed by atoms with E-state index in [-0.39, 0.29) is 0 Å². The van der Waals surface area contributed by atoms with E-state index in [0.717, 1.165) is 12.0 Å². The van der Waals surface area contributed by atoms with Gasteiger partial charge in [0, 0.05) is 31.7 Å². The van der Waals surface area contributed by atoms with Crippen LogP contribution in [0.15, 0.2) is 0 Å². The molecular formula is C15H28N2. The summed E-state index contributed by atoms with van der Waals surface area (Å²) in [7, 11) is 0. The van der Waals surface area contributed by atoms with Crippen LogP contribution in [0.4, 0.5) is 0 Å². The van der Waals surface area contributed by atoms with E-state index in [1.807, 2.05) is 0 Å². The third-order valence-corrected chi connectivity index (χ3v) is 6.08. The highest BCUT2D eigenvalue weighted by Crippen LogP contribution is 2.64. The van der Waals surface area contributed by atoms with Gasteiger partial charge in [-0.2, -0.15) is 0 Å². The largest absolute Gasteiger partial charge is 0.314 e. The van der Waals surface area contributed by atoms with Crippen molar-refractivity contribution in [2.75, 3.05) is 19.6 Å². The van der Waals surface area contributed by atoms with E-state index in [0.29, 0.717) is 16.9 Å². The van der Waals surface area contributed by atoms with Gasteiger partial charge in [-0.3, -0.25) is 4.90 Å². The van der Waals surface area contributed by atoms with E-state index >= 15 is 0 Å². The molecule has 1 saturated heterocycles. The first-order chi connectivity index (χ1) is 7.95. The molecule has 0 amide bonds. The number of hydrogen-bond donors (Lipinski definition) is 1. The van der Waals surface area contributed by atoms with Crippen LogP contribution < -0.4 is 5.32 Å². The molecule has 3 aliphatic rings. The monoisotopic (exact) mass is 236 g/mol. The highest BCUT2D eigenvalue weighted by atomic mass is 15.3. The lowest BCUT2D eigenvalue weighted by molar-refractivity contribution is -0.0263. The summed E-state index contributed by atoms with van der Waals surface area (Å²) in [4.78, 5) is 2.83. The Balaban J connectivity index is 1.90. The van der Waals surface area contributed by atoms with Crippen LogP contribution in [0.3, 0.4) is 0 Å². The molecule has 2 nitrogen and oxygen atoms in total. The summed E-state index contributed by atoms with van der Waals surface area (Å²) in [6, 6.07) is 1.52. The summed E-state index contributed by atoms with van der Waals surface area (Å²) in [5, 5.41) is 3.53. The fraction of sp³-hybridized carbons (Fsp3) is 1.00. The van der Waals surface area contributed by atoms with E-state index in [1.54, 1.807) is 0 Å². The SMILES string of the molecule is CC1CNCCN1C1C2(C)CCC(C2)C1(C)C. The number of nitrogens with one attached hydrogen (secondary N) is 1. The second-order valence-electron chi connectivity index (χ2n) is 7.61. The molecule has 3 fully saturated rings. The van der Waals surface area contributed by atoms with Crippen LogP contribution >= 0.6 is 0 Å². The standard InChI is InChI=1S/C15H28N2/c1-11-10-16-7-8-17(11)13-14(2,3)12-5-6-15(13,4)9-12/h11-13,16H,5-10H2,1-4H3. The molecular weight excluding hydrogens is 208 g/mol. The smallest absolute Gasteiger partial charge is 0.0207 e. The van der Waals surface area contributed by atoms with Gasteiger partial charge in [-0.05, 0) is 42.9 Å². The van der Waals surface area contributed by atoms with Gasteiger partial charge in [0.1, 0.15) is 0 Å². The molecule has 0 aromatic rings. The van der Waals surface area contributed by atoms with Gasteiger partial charge in [-0.25, -0.2) is 0 Å². The van der Waals surface area contributed by atoms with Crippen molar-refractivity contribution >= 4 is 0 Å². The van der Waals surface area contributed by atoms with Crippen molar-refractivity contribution in [3.63, 3.8) is 0 Å². The van der Waals surface area contributed by atoms with E-state index < -0.39 is 0 Å². The maximum absolute atomic E-state index is 3.53. The summed E-state index contributed by atoms with van der Waals surface area (Å²) in [5.74, 6) is 0.972. The van der Waals surface area contributed by atoms with Crippen molar-refractivity contribution in [3.05, 3.63) is 0 Å². The van der Waals surface area contributed by atoms with Crippen molar-refractivity contribution < 1.29 is 0 Å². The van der Waals surface area contributed by atoms with Crippen LogP contribution in [0.1, 0.15) is 47.0 Å². The molecule has 2 aliphatic carbocycles. The molecule has 2 saturated carbocycles. The Morgan fingerprint density at radius 1 is 1.24 bits per heavy atom. The van der Waals surface area contributed by atoms with Gasteiger partial charge in [-0.15, -0.1) is 0 Å². The predicted octanol–water partition coefficient (Wildman–Crippen LogP) is 2.49. The van der Waals surface area contributed by atoms with Crippen LogP contribution in [-0.4, -0.2) is 36.6 Å². The fourth-order valence-electron chi connectivity index (χ4n) is 5.34. The first kappa shape index (κ1) is 12.0. The molecule has 17 heavy (non-hydrogen) atoms. The van der Waals surface area contributed by atoms with Crippen LogP contribution in [0.2, 0.25) is 0 Å². The molecule has 0 aromatic heterocycles. The van der Waals surface area contributed by atoms with Crippen LogP contribution in [0.25, 0.3) is 0 Å². The van der Waals surface area contributed by atoms with E-state index in [9.17, 15) is 0 Å². The second-order valence-corrected chi connectivity index (χ2v) is 7.61. The van der Waals surface area contributed by atoms with Crippen LogP contribution in [0, 0.1) is 16.7 Å². The average Bonchev–Trinajstić information content (AvgIpc) is 2.72. The van der Waals surface area contributed by atoms with E-state index in [2.05, 4.69) is 37.9 Å². The summed E-state index contributed by atoms with van der Waals surface area (Å²) in [6.45, 7) is 13.6. The number of fused-ring (bicyclic) bond motifs is 2. The van der Waals surface area contributed by atoms with Gasteiger partial charge in [0.05, 0.1) is 0 Å². The molecule has 4 unspecified atom stereocenters. The summed E-state index contributed by atoms with van der Waals surface area (Å²) < 4.78 is 0.